The SMILES string of the molecule is Cc1ccc(CN([C@@H](Cc2ccccc2)C(=O)OC(C)(C)C)S(=O)(=O)c2ccc(F)cc2)cc1. The molecule has 0 saturated heterocycles. The van der Waals surface area contributed by atoms with Crippen molar-refractivity contribution in [3.8, 4) is 0 Å². The molecule has 0 aliphatic heterocycles. The maximum atomic E-state index is 13.8. The summed E-state index contributed by atoms with van der Waals surface area (Å²) in [5, 5.41) is 0. The minimum Gasteiger partial charge on any atom is -0.459 e. The molecule has 0 aliphatic rings. The number of carbonyl (C=O) groups excluding carboxylic acids is 1. The first-order valence-electron chi connectivity index (χ1n) is 11.1. The lowest BCUT2D eigenvalue weighted by Crippen LogP contribution is -2.48. The van der Waals surface area contributed by atoms with Crippen LogP contribution >= 0.6 is 0 Å². The van der Waals surface area contributed by atoms with E-state index in [0.29, 0.717) is 0 Å². The highest BCUT2D eigenvalue weighted by Gasteiger charge is 2.38. The number of rotatable bonds is 8. The average Bonchev–Trinajstić information content (AvgIpc) is 2.77. The molecule has 5 nitrogen and oxygen atoms in total. The normalized spacial score (nSPS) is 13.0. The van der Waals surface area contributed by atoms with Gasteiger partial charge in [0, 0.05) is 6.54 Å². The van der Waals surface area contributed by atoms with Gasteiger partial charge in [0.2, 0.25) is 10.0 Å². The Balaban J connectivity index is 2.11. The van der Waals surface area contributed by atoms with Crippen LogP contribution < -0.4 is 0 Å². The molecule has 34 heavy (non-hydrogen) atoms. The molecular weight excluding hydrogens is 453 g/mol. The molecule has 0 aliphatic carbocycles. The Morgan fingerprint density at radius 2 is 1.50 bits per heavy atom. The second-order valence-corrected chi connectivity index (χ2v) is 11.1. The largest absolute Gasteiger partial charge is 0.459 e. The van der Waals surface area contributed by atoms with Crippen molar-refractivity contribution in [1.29, 1.82) is 0 Å². The summed E-state index contributed by atoms with van der Waals surface area (Å²) in [6.45, 7) is 7.11. The van der Waals surface area contributed by atoms with Gasteiger partial charge < -0.3 is 4.74 Å². The van der Waals surface area contributed by atoms with E-state index in [-0.39, 0.29) is 17.9 Å². The maximum Gasteiger partial charge on any atom is 0.325 e. The van der Waals surface area contributed by atoms with Gasteiger partial charge in [-0.05, 0) is 69.5 Å². The molecule has 0 fully saturated rings. The predicted octanol–water partition coefficient (Wildman–Crippen LogP) is 5.28. The highest BCUT2D eigenvalue weighted by molar-refractivity contribution is 7.89. The third kappa shape index (κ3) is 6.74. The van der Waals surface area contributed by atoms with Crippen LogP contribution in [0.5, 0.6) is 0 Å². The molecule has 0 amide bonds. The molecule has 3 aromatic rings. The number of ether oxygens (including phenoxy) is 1. The van der Waals surface area contributed by atoms with Gasteiger partial charge in [-0.2, -0.15) is 4.31 Å². The van der Waals surface area contributed by atoms with Gasteiger partial charge in [-0.1, -0.05) is 60.2 Å². The van der Waals surface area contributed by atoms with Crippen molar-refractivity contribution in [3.63, 3.8) is 0 Å². The topological polar surface area (TPSA) is 63.7 Å². The van der Waals surface area contributed by atoms with Crippen molar-refractivity contribution in [1.82, 2.24) is 4.31 Å². The van der Waals surface area contributed by atoms with Crippen LogP contribution in [0.2, 0.25) is 0 Å². The number of hydrogen-bond acceptors (Lipinski definition) is 4. The molecular formula is C27H30FNO4S. The fraction of sp³-hybridized carbons (Fsp3) is 0.296. The van der Waals surface area contributed by atoms with Crippen molar-refractivity contribution in [2.24, 2.45) is 0 Å². The van der Waals surface area contributed by atoms with Crippen LogP contribution in [0.3, 0.4) is 0 Å². The van der Waals surface area contributed by atoms with E-state index in [2.05, 4.69) is 0 Å². The van der Waals surface area contributed by atoms with Crippen LogP contribution in [0.25, 0.3) is 0 Å². The average molecular weight is 484 g/mol. The fourth-order valence-corrected chi connectivity index (χ4v) is 5.05. The van der Waals surface area contributed by atoms with E-state index in [1.807, 2.05) is 61.5 Å². The first-order valence-corrected chi connectivity index (χ1v) is 12.5. The Morgan fingerprint density at radius 1 is 0.912 bits per heavy atom. The summed E-state index contributed by atoms with van der Waals surface area (Å²) in [4.78, 5) is 13.3. The zero-order valence-electron chi connectivity index (χ0n) is 19.9. The highest BCUT2D eigenvalue weighted by Crippen LogP contribution is 2.26. The Kier molecular flexibility index (Phi) is 7.89. The zero-order valence-corrected chi connectivity index (χ0v) is 20.7. The molecule has 0 heterocycles. The molecule has 0 aromatic heterocycles. The van der Waals surface area contributed by atoms with Gasteiger partial charge in [0.1, 0.15) is 17.5 Å². The molecule has 7 heteroatoms. The van der Waals surface area contributed by atoms with E-state index < -0.39 is 33.5 Å². The van der Waals surface area contributed by atoms with Crippen molar-refractivity contribution >= 4 is 16.0 Å². The summed E-state index contributed by atoms with van der Waals surface area (Å²) in [6, 6.07) is 20.1. The molecule has 0 radical (unpaired) electrons. The highest BCUT2D eigenvalue weighted by atomic mass is 32.2. The Bertz CT molecular complexity index is 1200. The van der Waals surface area contributed by atoms with Crippen LogP contribution in [0.1, 0.15) is 37.5 Å². The van der Waals surface area contributed by atoms with Crippen LogP contribution in [-0.4, -0.2) is 30.3 Å². The Hall–Kier alpha value is -3.03. The Morgan fingerprint density at radius 3 is 2.06 bits per heavy atom. The number of benzene rings is 3. The number of aryl methyl sites for hydroxylation is 1. The lowest BCUT2D eigenvalue weighted by Gasteiger charge is -2.32. The van der Waals surface area contributed by atoms with Crippen molar-refractivity contribution in [2.75, 3.05) is 0 Å². The van der Waals surface area contributed by atoms with Gasteiger partial charge in [0.05, 0.1) is 4.90 Å². The summed E-state index contributed by atoms with van der Waals surface area (Å²) in [7, 11) is -4.18. The summed E-state index contributed by atoms with van der Waals surface area (Å²) in [5.41, 5.74) is 1.74. The molecule has 180 valence electrons. The van der Waals surface area contributed by atoms with Gasteiger partial charge in [-0.15, -0.1) is 0 Å². The second kappa shape index (κ2) is 10.5. The third-order valence-electron chi connectivity index (χ3n) is 5.18. The van der Waals surface area contributed by atoms with Gasteiger partial charge in [0.15, 0.2) is 0 Å². The minimum atomic E-state index is -4.18. The smallest absolute Gasteiger partial charge is 0.325 e. The number of nitrogens with zero attached hydrogens (tertiary/aromatic N) is 1. The Labute approximate surface area is 201 Å². The summed E-state index contributed by atoms with van der Waals surface area (Å²) >= 11 is 0. The summed E-state index contributed by atoms with van der Waals surface area (Å²) in [5.74, 6) is -1.19. The molecule has 0 saturated carbocycles. The minimum absolute atomic E-state index is 0.0449. The molecule has 0 N–H and O–H groups in total. The van der Waals surface area contributed by atoms with Crippen LogP contribution in [0.15, 0.2) is 83.8 Å². The number of carbonyl (C=O) groups is 1. The van der Waals surface area contributed by atoms with E-state index in [1.165, 1.54) is 12.1 Å². The zero-order chi connectivity index (χ0) is 24.9. The third-order valence-corrected chi connectivity index (χ3v) is 7.05. The van der Waals surface area contributed by atoms with Gasteiger partial charge in [-0.3, -0.25) is 4.79 Å². The summed E-state index contributed by atoms with van der Waals surface area (Å²) < 4.78 is 48.0. The first-order chi connectivity index (χ1) is 16.0. The van der Waals surface area contributed by atoms with Gasteiger partial charge in [0.25, 0.3) is 0 Å². The van der Waals surface area contributed by atoms with Crippen molar-refractivity contribution in [2.45, 2.75) is 57.2 Å². The van der Waals surface area contributed by atoms with E-state index >= 15 is 0 Å². The van der Waals surface area contributed by atoms with Gasteiger partial charge in [-0.25, -0.2) is 12.8 Å². The lowest BCUT2D eigenvalue weighted by atomic mass is 10.0. The number of sulfonamides is 1. The quantitative estimate of drug-likeness (QED) is 0.409. The van der Waals surface area contributed by atoms with Crippen molar-refractivity contribution in [3.05, 3.63) is 101 Å². The lowest BCUT2D eigenvalue weighted by molar-refractivity contribution is -0.159. The monoisotopic (exact) mass is 483 g/mol. The van der Waals surface area contributed by atoms with E-state index in [9.17, 15) is 17.6 Å². The van der Waals surface area contributed by atoms with Crippen LogP contribution in [-0.2, 0) is 32.5 Å². The number of halogens is 1. The van der Waals surface area contributed by atoms with E-state index in [1.54, 1.807) is 20.8 Å². The molecule has 1 atom stereocenters. The van der Waals surface area contributed by atoms with Crippen LogP contribution in [0, 0.1) is 12.7 Å². The summed E-state index contributed by atoms with van der Waals surface area (Å²) in [6.07, 6.45) is 0.127. The second-order valence-electron chi connectivity index (χ2n) is 9.23. The molecule has 3 rings (SSSR count). The first kappa shape index (κ1) is 25.6. The maximum absolute atomic E-state index is 13.8. The van der Waals surface area contributed by atoms with E-state index in [4.69, 9.17) is 4.74 Å². The van der Waals surface area contributed by atoms with Crippen LogP contribution in [0.4, 0.5) is 4.39 Å². The van der Waals surface area contributed by atoms with Crippen molar-refractivity contribution < 1.29 is 22.3 Å². The number of hydrogen-bond donors (Lipinski definition) is 0. The van der Waals surface area contributed by atoms with Gasteiger partial charge >= 0.3 is 5.97 Å². The predicted molar refractivity (Wildman–Crippen MR) is 130 cm³/mol. The molecule has 3 aromatic carbocycles. The number of esters is 1. The molecule has 0 spiro atoms. The standard InChI is InChI=1S/C27H30FNO4S/c1-20-10-12-22(13-11-20)19-29(34(31,32)24-16-14-23(28)15-17-24)25(26(30)33-27(2,3)4)18-21-8-6-5-7-9-21/h5-17,25H,18-19H2,1-4H3/t25-/m0/s1. The molecule has 0 bridgehead atoms. The molecule has 0 unspecified atom stereocenters. The fourth-order valence-electron chi connectivity index (χ4n) is 3.49. The van der Waals surface area contributed by atoms with E-state index in [0.717, 1.165) is 33.1 Å².